The van der Waals surface area contributed by atoms with Crippen LogP contribution >= 0.6 is 0 Å². The van der Waals surface area contributed by atoms with E-state index in [1.807, 2.05) is 49.7 Å². The minimum Gasteiger partial charge on any atom is -0.497 e. The molecule has 0 unspecified atom stereocenters. The number of aromatic nitrogens is 1. The highest BCUT2D eigenvalue weighted by Gasteiger charge is 2.25. The quantitative estimate of drug-likeness (QED) is 0.734. The van der Waals surface area contributed by atoms with E-state index in [1.54, 1.807) is 7.11 Å². The van der Waals surface area contributed by atoms with Gasteiger partial charge in [-0.2, -0.15) is 0 Å². The minimum absolute atomic E-state index is 0.0822. The number of ether oxygens (including phenoxy) is 1. The number of anilines is 1. The lowest BCUT2D eigenvalue weighted by Crippen LogP contribution is -2.03. The third-order valence-electron chi connectivity index (χ3n) is 4.24. The summed E-state index contributed by atoms with van der Waals surface area (Å²) >= 11 is 0. The second kappa shape index (κ2) is 5.02. The molecule has 0 spiro atoms. The van der Waals surface area contributed by atoms with Crippen molar-refractivity contribution in [2.45, 2.75) is 0 Å². The van der Waals surface area contributed by atoms with Crippen LogP contribution < -0.4 is 10.1 Å². The lowest BCUT2D eigenvalue weighted by molar-refractivity contribution is -0.110. The normalized spacial score (nSPS) is 15.0. The van der Waals surface area contributed by atoms with Crippen LogP contribution in [0.1, 0.15) is 11.1 Å². The number of nitrogens with one attached hydrogen (secondary N) is 1. The Morgan fingerprint density at radius 1 is 1.17 bits per heavy atom. The molecule has 4 heteroatoms. The molecule has 4 nitrogen and oxygen atoms in total. The Morgan fingerprint density at radius 3 is 2.83 bits per heavy atom. The van der Waals surface area contributed by atoms with Crippen LogP contribution in [0, 0.1) is 0 Å². The van der Waals surface area contributed by atoms with E-state index in [1.165, 1.54) is 0 Å². The summed E-state index contributed by atoms with van der Waals surface area (Å²) in [5.41, 5.74) is 4.53. The molecule has 2 heterocycles. The monoisotopic (exact) mass is 304 g/mol. The summed E-state index contributed by atoms with van der Waals surface area (Å²) in [4.78, 5) is 12.4. The summed E-state index contributed by atoms with van der Waals surface area (Å²) in [5, 5.41) is 4.04. The van der Waals surface area contributed by atoms with Gasteiger partial charge in [0, 0.05) is 46.5 Å². The van der Waals surface area contributed by atoms with Crippen LogP contribution in [0.25, 0.3) is 22.6 Å². The van der Waals surface area contributed by atoms with E-state index in [9.17, 15) is 4.79 Å². The molecule has 3 aromatic rings. The van der Waals surface area contributed by atoms with Gasteiger partial charge in [0.05, 0.1) is 7.11 Å². The second-order valence-corrected chi connectivity index (χ2v) is 5.64. The van der Waals surface area contributed by atoms with Crippen molar-refractivity contribution in [1.82, 2.24) is 4.57 Å². The van der Waals surface area contributed by atoms with Gasteiger partial charge < -0.3 is 14.6 Å². The van der Waals surface area contributed by atoms with Gasteiger partial charge in [-0.05, 0) is 30.3 Å². The fraction of sp³-hybridized carbons (Fsp3) is 0.105. The molecule has 23 heavy (non-hydrogen) atoms. The Labute approximate surface area is 134 Å². The highest BCUT2D eigenvalue weighted by molar-refractivity contribution is 6.35. The fourth-order valence-electron chi connectivity index (χ4n) is 3.08. The van der Waals surface area contributed by atoms with Crippen molar-refractivity contribution in [3.8, 4) is 5.75 Å². The summed E-state index contributed by atoms with van der Waals surface area (Å²) in [7, 11) is 3.63. The van der Waals surface area contributed by atoms with E-state index >= 15 is 0 Å². The number of amides is 1. The standard InChI is InChI=1S/C19H16N2O2/c1-21-11-12(14-5-3-4-6-18(14)21)9-16-15-10-13(23-2)7-8-17(15)20-19(16)22/h3-11H,1-2H3,(H,20,22)/b16-9+. The van der Waals surface area contributed by atoms with Crippen molar-refractivity contribution in [2.24, 2.45) is 7.05 Å². The van der Waals surface area contributed by atoms with Crippen molar-refractivity contribution in [2.75, 3.05) is 12.4 Å². The number of para-hydroxylation sites is 1. The van der Waals surface area contributed by atoms with Crippen molar-refractivity contribution < 1.29 is 9.53 Å². The third kappa shape index (κ3) is 2.11. The molecule has 1 amide bonds. The summed E-state index contributed by atoms with van der Waals surface area (Å²) < 4.78 is 7.35. The predicted octanol–water partition coefficient (Wildman–Crippen LogP) is 3.68. The molecule has 114 valence electrons. The van der Waals surface area contributed by atoms with Gasteiger partial charge in [0.2, 0.25) is 0 Å². The number of hydrogen-bond acceptors (Lipinski definition) is 2. The molecule has 1 aromatic heterocycles. The van der Waals surface area contributed by atoms with Gasteiger partial charge in [0.1, 0.15) is 5.75 Å². The topological polar surface area (TPSA) is 43.3 Å². The lowest BCUT2D eigenvalue weighted by atomic mass is 10.0. The molecule has 0 saturated carbocycles. The first-order chi connectivity index (χ1) is 11.2. The van der Waals surface area contributed by atoms with Gasteiger partial charge in [0.25, 0.3) is 5.91 Å². The van der Waals surface area contributed by atoms with E-state index in [2.05, 4.69) is 22.0 Å². The number of carbonyl (C=O) groups excluding carboxylic acids is 1. The zero-order chi connectivity index (χ0) is 16.0. The maximum Gasteiger partial charge on any atom is 0.256 e. The van der Waals surface area contributed by atoms with Crippen LogP contribution in [0.5, 0.6) is 5.75 Å². The van der Waals surface area contributed by atoms with Crippen molar-refractivity contribution in [3.63, 3.8) is 0 Å². The summed E-state index contributed by atoms with van der Waals surface area (Å²) in [6.07, 6.45) is 3.99. The molecule has 0 bridgehead atoms. The fourth-order valence-corrected chi connectivity index (χ4v) is 3.08. The van der Waals surface area contributed by atoms with Crippen LogP contribution in [0.3, 0.4) is 0 Å². The van der Waals surface area contributed by atoms with Crippen LogP contribution in [0.15, 0.2) is 48.7 Å². The average Bonchev–Trinajstić information content (AvgIpc) is 3.05. The number of nitrogens with zero attached hydrogens (tertiary/aromatic N) is 1. The number of hydrogen-bond donors (Lipinski definition) is 1. The molecule has 1 N–H and O–H groups in total. The smallest absolute Gasteiger partial charge is 0.256 e. The summed E-state index contributed by atoms with van der Waals surface area (Å²) in [5.74, 6) is 0.658. The molecule has 4 rings (SSSR count). The molecule has 0 aliphatic carbocycles. The van der Waals surface area contributed by atoms with Gasteiger partial charge >= 0.3 is 0 Å². The number of rotatable bonds is 2. The van der Waals surface area contributed by atoms with E-state index in [0.717, 1.165) is 33.5 Å². The highest BCUT2D eigenvalue weighted by Crippen LogP contribution is 2.36. The average molecular weight is 304 g/mol. The highest BCUT2D eigenvalue weighted by atomic mass is 16.5. The summed E-state index contributed by atoms with van der Waals surface area (Å²) in [6, 6.07) is 13.8. The van der Waals surface area contributed by atoms with E-state index in [-0.39, 0.29) is 5.91 Å². The molecular formula is C19H16N2O2. The zero-order valence-corrected chi connectivity index (χ0v) is 13.0. The number of carbonyl (C=O) groups is 1. The molecular weight excluding hydrogens is 288 g/mol. The first-order valence-corrected chi connectivity index (χ1v) is 7.43. The number of aryl methyl sites for hydroxylation is 1. The van der Waals surface area contributed by atoms with Gasteiger partial charge in [-0.3, -0.25) is 4.79 Å². The molecule has 0 atom stereocenters. The molecule has 1 aliphatic heterocycles. The Kier molecular flexibility index (Phi) is 2.98. The number of methoxy groups -OCH3 is 1. The Balaban J connectivity index is 1.90. The summed E-state index contributed by atoms with van der Waals surface area (Å²) in [6.45, 7) is 0. The van der Waals surface area contributed by atoms with Gasteiger partial charge in [0.15, 0.2) is 0 Å². The molecule has 0 saturated heterocycles. The zero-order valence-electron chi connectivity index (χ0n) is 13.0. The van der Waals surface area contributed by atoms with Crippen LogP contribution in [-0.2, 0) is 11.8 Å². The van der Waals surface area contributed by atoms with Crippen molar-refractivity contribution in [1.29, 1.82) is 0 Å². The molecule has 1 aliphatic rings. The van der Waals surface area contributed by atoms with E-state index in [4.69, 9.17) is 4.74 Å². The maximum atomic E-state index is 12.4. The predicted molar refractivity (Wildman–Crippen MR) is 92.4 cm³/mol. The molecule has 2 aromatic carbocycles. The third-order valence-corrected chi connectivity index (χ3v) is 4.24. The Morgan fingerprint density at radius 2 is 2.00 bits per heavy atom. The first kappa shape index (κ1) is 13.6. The van der Waals surface area contributed by atoms with Gasteiger partial charge in [-0.25, -0.2) is 0 Å². The van der Waals surface area contributed by atoms with Crippen LogP contribution in [0.4, 0.5) is 5.69 Å². The SMILES string of the molecule is COc1ccc2c(c1)/C(=C\c1cn(C)c3ccccc13)C(=O)N2. The van der Waals surface area contributed by atoms with E-state index in [0.29, 0.717) is 5.57 Å². The van der Waals surface area contributed by atoms with Gasteiger partial charge in [-0.15, -0.1) is 0 Å². The van der Waals surface area contributed by atoms with Crippen molar-refractivity contribution in [3.05, 3.63) is 59.8 Å². The van der Waals surface area contributed by atoms with Crippen LogP contribution in [-0.4, -0.2) is 17.6 Å². The van der Waals surface area contributed by atoms with Crippen LogP contribution in [0.2, 0.25) is 0 Å². The number of benzene rings is 2. The largest absolute Gasteiger partial charge is 0.497 e. The molecule has 0 radical (unpaired) electrons. The van der Waals surface area contributed by atoms with Gasteiger partial charge in [-0.1, -0.05) is 18.2 Å². The Bertz CT molecular complexity index is 967. The lowest BCUT2D eigenvalue weighted by Gasteiger charge is -2.03. The maximum absolute atomic E-state index is 12.4. The van der Waals surface area contributed by atoms with E-state index < -0.39 is 0 Å². The second-order valence-electron chi connectivity index (χ2n) is 5.64. The minimum atomic E-state index is -0.0822. The first-order valence-electron chi connectivity index (χ1n) is 7.43. The Hall–Kier alpha value is -3.01. The van der Waals surface area contributed by atoms with Crippen molar-refractivity contribution >= 4 is 34.1 Å². The number of fused-ring (bicyclic) bond motifs is 2. The molecule has 0 fully saturated rings.